The van der Waals surface area contributed by atoms with Gasteiger partial charge >= 0.3 is 0 Å². The summed E-state index contributed by atoms with van der Waals surface area (Å²) in [5.74, 6) is 0.538. The lowest BCUT2D eigenvalue weighted by Crippen LogP contribution is -2.25. The van der Waals surface area contributed by atoms with Crippen LogP contribution in [0.4, 0.5) is 5.82 Å². The van der Waals surface area contributed by atoms with E-state index in [2.05, 4.69) is 17.2 Å². The standard InChI is InChI=1S/C11H15Cl3N2O/c1-3-4-7(6-17-2)15-11-9(13)5-8(12)10(14)16-11/h5,7H,3-4,6H2,1-2H3,(H,15,16). The Morgan fingerprint density at radius 2 is 2.06 bits per heavy atom. The molecule has 3 nitrogen and oxygen atoms in total. The van der Waals surface area contributed by atoms with Gasteiger partial charge in [-0.2, -0.15) is 0 Å². The number of nitrogens with one attached hydrogen (secondary N) is 1. The van der Waals surface area contributed by atoms with Gasteiger partial charge in [0.15, 0.2) is 0 Å². The predicted octanol–water partition coefficient (Wildman–Crippen LogP) is 4.27. The minimum Gasteiger partial charge on any atom is -0.383 e. The van der Waals surface area contributed by atoms with Crippen molar-refractivity contribution in [2.75, 3.05) is 19.0 Å². The number of methoxy groups -OCH3 is 1. The topological polar surface area (TPSA) is 34.1 Å². The minimum absolute atomic E-state index is 0.159. The molecule has 1 rings (SSSR count). The molecule has 0 fully saturated rings. The lowest BCUT2D eigenvalue weighted by Gasteiger charge is -2.18. The molecule has 0 aromatic carbocycles. The van der Waals surface area contributed by atoms with Crippen molar-refractivity contribution >= 4 is 40.6 Å². The van der Waals surface area contributed by atoms with Crippen LogP contribution in [0.15, 0.2) is 6.07 Å². The van der Waals surface area contributed by atoms with Gasteiger partial charge < -0.3 is 10.1 Å². The van der Waals surface area contributed by atoms with Gasteiger partial charge in [-0.25, -0.2) is 4.98 Å². The molecule has 1 atom stereocenters. The van der Waals surface area contributed by atoms with Crippen molar-refractivity contribution in [2.45, 2.75) is 25.8 Å². The number of ether oxygens (including phenoxy) is 1. The highest BCUT2D eigenvalue weighted by molar-refractivity contribution is 6.42. The number of hydrogen-bond acceptors (Lipinski definition) is 3. The highest BCUT2D eigenvalue weighted by Crippen LogP contribution is 2.29. The number of nitrogens with zero attached hydrogens (tertiary/aromatic N) is 1. The molecule has 1 N–H and O–H groups in total. The lowest BCUT2D eigenvalue weighted by atomic mass is 10.2. The van der Waals surface area contributed by atoms with Crippen molar-refractivity contribution in [2.24, 2.45) is 0 Å². The molecule has 0 aliphatic rings. The highest BCUT2D eigenvalue weighted by atomic mass is 35.5. The quantitative estimate of drug-likeness (QED) is 0.796. The summed E-state index contributed by atoms with van der Waals surface area (Å²) in [4.78, 5) is 4.11. The van der Waals surface area contributed by atoms with E-state index in [4.69, 9.17) is 39.5 Å². The second-order valence-corrected chi connectivity index (χ2v) is 4.85. The smallest absolute Gasteiger partial charge is 0.150 e. The first-order valence-corrected chi connectivity index (χ1v) is 6.48. The molecular weight excluding hydrogens is 282 g/mol. The second-order valence-electron chi connectivity index (χ2n) is 3.68. The van der Waals surface area contributed by atoms with Crippen molar-refractivity contribution in [3.8, 4) is 0 Å². The van der Waals surface area contributed by atoms with Gasteiger partial charge in [0.2, 0.25) is 0 Å². The normalized spacial score (nSPS) is 12.5. The van der Waals surface area contributed by atoms with Crippen LogP contribution >= 0.6 is 34.8 Å². The van der Waals surface area contributed by atoms with Gasteiger partial charge in [0.25, 0.3) is 0 Å². The fraction of sp³-hybridized carbons (Fsp3) is 0.545. The Morgan fingerprint density at radius 3 is 2.65 bits per heavy atom. The van der Waals surface area contributed by atoms with E-state index in [-0.39, 0.29) is 11.2 Å². The fourth-order valence-electron chi connectivity index (χ4n) is 1.49. The van der Waals surface area contributed by atoms with E-state index in [0.29, 0.717) is 22.5 Å². The highest BCUT2D eigenvalue weighted by Gasteiger charge is 2.12. The Morgan fingerprint density at radius 1 is 1.35 bits per heavy atom. The molecule has 6 heteroatoms. The van der Waals surface area contributed by atoms with E-state index >= 15 is 0 Å². The third kappa shape index (κ3) is 4.51. The van der Waals surface area contributed by atoms with Crippen LogP contribution in [0.2, 0.25) is 15.2 Å². The SMILES string of the molecule is CCCC(COC)Nc1nc(Cl)c(Cl)cc1Cl. The molecule has 0 radical (unpaired) electrons. The summed E-state index contributed by atoms with van der Waals surface area (Å²) in [7, 11) is 1.66. The first-order chi connectivity index (χ1) is 8.08. The van der Waals surface area contributed by atoms with Gasteiger partial charge in [-0.05, 0) is 12.5 Å². The van der Waals surface area contributed by atoms with Crippen LogP contribution < -0.4 is 5.32 Å². The van der Waals surface area contributed by atoms with Gasteiger partial charge in [0.1, 0.15) is 11.0 Å². The van der Waals surface area contributed by atoms with Gasteiger partial charge in [-0.15, -0.1) is 0 Å². The summed E-state index contributed by atoms with van der Waals surface area (Å²) < 4.78 is 5.13. The Hall–Kier alpha value is -0.220. The Kier molecular flexibility index (Phi) is 6.34. The van der Waals surface area contributed by atoms with E-state index in [1.165, 1.54) is 0 Å². The van der Waals surface area contributed by atoms with Crippen LogP contribution in [-0.2, 0) is 4.74 Å². The van der Waals surface area contributed by atoms with Crippen LogP contribution in [0.1, 0.15) is 19.8 Å². The first kappa shape index (κ1) is 14.8. The zero-order chi connectivity index (χ0) is 12.8. The molecule has 0 saturated carbocycles. The zero-order valence-electron chi connectivity index (χ0n) is 9.77. The Bertz CT molecular complexity index is 368. The minimum atomic E-state index is 0.159. The third-order valence-corrected chi connectivity index (χ3v) is 3.19. The average Bonchev–Trinajstić information content (AvgIpc) is 2.26. The Labute approximate surface area is 116 Å². The molecule has 0 amide bonds. The average molecular weight is 298 g/mol. The molecule has 1 aromatic rings. The molecule has 1 aromatic heterocycles. The number of hydrogen-bond donors (Lipinski definition) is 1. The van der Waals surface area contributed by atoms with Gasteiger partial charge in [0.05, 0.1) is 22.7 Å². The zero-order valence-corrected chi connectivity index (χ0v) is 12.0. The van der Waals surface area contributed by atoms with Gasteiger partial charge in [0, 0.05) is 7.11 Å². The second kappa shape index (κ2) is 7.27. The maximum atomic E-state index is 6.04. The summed E-state index contributed by atoms with van der Waals surface area (Å²) >= 11 is 17.7. The number of pyridine rings is 1. The summed E-state index contributed by atoms with van der Waals surface area (Å²) in [5, 5.41) is 4.25. The van der Waals surface area contributed by atoms with Gasteiger partial charge in [-0.3, -0.25) is 0 Å². The monoisotopic (exact) mass is 296 g/mol. The molecule has 0 aliphatic carbocycles. The molecule has 0 spiro atoms. The number of anilines is 1. The maximum absolute atomic E-state index is 6.04. The van der Waals surface area contributed by atoms with E-state index < -0.39 is 0 Å². The number of aromatic nitrogens is 1. The van der Waals surface area contributed by atoms with Crippen molar-refractivity contribution in [1.29, 1.82) is 0 Å². The molecule has 96 valence electrons. The summed E-state index contributed by atoms with van der Waals surface area (Å²) in [6.45, 7) is 2.69. The summed E-state index contributed by atoms with van der Waals surface area (Å²) in [6, 6.07) is 1.74. The van der Waals surface area contributed by atoms with Crippen LogP contribution in [0.5, 0.6) is 0 Å². The molecular formula is C11H15Cl3N2O. The van der Waals surface area contributed by atoms with Gasteiger partial charge in [-0.1, -0.05) is 48.1 Å². The summed E-state index contributed by atoms with van der Waals surface area (Å²) in [5.41, 5.74) is 0. The van der Waals surface area contributed by atoms with Crippen molar-refractivity contribution in [3.63, 3.8) is 0 Å². The molecule has 1 unspecified atom stereocenters. The van der Waals surface area contributed by atoms with E-state index in [0.717, 1.165) is 12.8 Å². The summed E-state index contributed by atoms with van der Waals surface area (Å²) in [6.07, 6.45) is 2.01. The predicted molar refractivity (Wildman–Crippen MR) is 73.5 cm³/mol. The van der Waals surface area contributed by atoms with E-state index in [1.807, 2.05) is 0 Å². The van der Waals surface area contributed by atoms with Crippen LogP contribution in [0, 0.1) is 0 Å². The fourth-order valence-corrected chi connectivity index (χ4v) is 2.04. The first-order valence-electron chi connectivity index (χ1n) is 5.35. The molecule has 0 saturated heterocycles. The number of halogens is 3. The van der Waals surface area contributed by atoms with Crippen LogP contribution in [0.3, 0.4) is 0 Å². The third-order valence-electron chi connectivity index (χ3n) is 2.23. The van der Waals surface area contributed by atoms with Crippen molar-refractivity contribution < 1.29 is 4.74 Å². The maximum Gasteiger partial charge on any atom is 0.150 e. The number of rotatable bonds is 6. The van der Waals surface area contributed by atoms with E-state index in [9.17, 15) is 0 Å². The lowest BCUT2D eigenvalue weighted by molar-refractivity contribution is 0.182. The Balaban J connectivity index is 2.81. The largest absolute Gasteiger partial charge is 0.383 e. The molecule has 0 bridgehead atoms. The van der Waals surface area contributed by atoms with E-state index in [1.54, 1.807) is 13.2 Å². The van der Waals surface area contributed by atoms with Crippen LogP contribution in [0.25, 0.3) is 0 Å². The van der Waals surface area contributed by atoms with Crippen molar-refractivity contribution in [1.82, 2.24) is 4.98 Å². The van der Waals surface area contributed by atoms with Crippen LogP contribution in [-0.4, -0.2) is 24.7 Å². The molecule has 0 aliphatic heterocycles. The molecule has 1 heterocycles. The molecule has 17 heavy (non-hydrogen) atoms. The van der Waals surface area contributed by atoms with Crippen molar-refractivity contribution in [3.05, 3.63) is 21.3 Å².